The van der Waals surface area contributed by atoms with E-state index in [9.17, 15) is 0 Å². The molecule has 2 heteroatoms. The predicted octanol–water partition coefficient (Wildman–Crippen LogP) is 2.30. The summed E-state index contributed by atoms with van der Waals surface area (Å²) in [6, 6.07) is 2.10. The fraction of sp³-hybridized carbons (Fsp3) is 0.556. The molecule has 1 atom stereocenters. The van der Waals surface area contributed by atoms with Gasteiger partial charge in [-0.25, -0.2) is 0 Å². The van der Waals surface area contributed by atoms with Crippen LogP contribution in [-0.4, -0.2) is 10.2 Å². The molecule has 1 rings (SSSR count). The second-order valence-corrected chi connectivity index (χ2v) is 2.97. The lowest BCUT2D eigenvalue weighted by atomic mass is 10.0. The Hall–Kier alpha value is -0.920. The normalized spacial score (nSPS) is 13.0. The van der Waals surface area contributed by atoms with Crippen molar-refractivity contribution >= 4 is 0 Å². The molecule has 0 aliphatic rings. The first-order chi connectivity index (χ1) is 5.24. The van der Waals surface area contributed by atoms with Crippen molar-refractivity contribution in [3.63, 3.8) is 0 Å². The molecule has 0 aliphatic carbocycles. The molecule has 0 saturated heterocycles. The largest absolute Gasteiger partial charge is 0.159 e. The summed E-state index contributed by atoms with van der Waals surface area (Å²) in [5.74, 6) is 0.530. The third-order valence-electron chi connectivity index (χ3n) is 1.93. The van der Waals surface area contributed by atoms with E-state index >= 15 is 0 Å². The van der Waals surface area contributed by atoms with Crippen LogP contribution in [0, 0.1) is 6.92 Å². The SMILES string of the molecule is CC[C@@H](C)c1cc(C)cnn1. The molecule has 11 heavy (non-hydrogen) atoms. The van der Waals surface area contributed by atoms with Crippen LogP contribution in [0.4, 0.5) is 0 Å². The second-order valence-electron chi connectivity index (χ2n) is 2.97. The summed E-state index contributed by atoms with van der Waals surface area (Å²) in [6.07, 6.45) is 2.91. The fourth-order valence-electron chi connectivity index (χ4n) is 0.936. The maximum atomic E-state index is 4.06. The van der Waals surface area contributed by atoms with Crippen LogP contribution in [0.2, 0.25) is 0 Å². The lowest BCUT2D eigenvalue weighted by molar-refractivity contribution is 0.688. The van der Waals surface area contributed by atoms with Crippen LogP contribution in [0.3, 0.4) is 0 Å². The van der Waals surface area contributed by atoms with Gasteiger partial charge in [0.05, 0.1) is 11.9 Å². The van der Waals surface area contributed by atoms with Crippen molar-refractivity contribution in [1.29, 1.82) is 0 Å². The maximum absolute atomic E-state index is 4.06. The van der Waals surface area contributed by atoms with Gasteiger partial charge in [0.2, 0.25) is 0 Å². The molecule has 0 aliphatic heterocycles. The standard InChI is InChI=1S/C9H14N2/c1-4-8(3)9-5-7(2)6-10-11-9/h5-6,8H,4H2,1-3H3/t8-/m1/s1. The Morgan fingerprint density at radius 2 is 2.27 bits per heavy atom. The van der Waals surface area contributed by atoms with Gasteiger partial charge in [0.25, 0.3) is 0 Å². The van der Waals surface area contributed by atoms with Gasteiger partial charge in [0.1, 0.15) is 0 Å². The summed E-state index contributed by atoms with van der Waals surface area (Å²) in [5, 5.41) is 7.96. The first kappa shape index (κ1) is 8.18. The highest BCUT2D eigenvalue weighted by Crippen LogP contribution is 2.15. The maximum Gasteiger partial charge on any atom is 0.0661 e. The molecule has 1 heterocycles. The van der Waals surface area contributed by atoms with Gasteiger partial charge < -0.3 is 0 Å². The monoisotopic (exact) mass is 150 g/mol. The molecule has 1 aromatic rings. The molecule has 0 radical (unpaired) electrons. The van der Waals surface area contributed by atoms with Crippen molar-refractivity contribution in [2.45, 2.75) is 33.1 Å². The molecule has 0 spiro atoms. The number of rotatable bonds is 2. The molecule has 0 N–H and O–H groups in total. The smallest absolute Gasteiger partial charge is 0.0661 e. The van der Waals surface area contributed by atoms with E-state index in [4.69, 9.17) is 0 Å². The van der Waals surface area contributed by atoms with E-state index in [1.54, 1.807) is 6.20 Å². The van der Waals surface area contributed by atoms with Crippen molar-refractivity contribution in [3.05, 3.63) is 23.5 Å². The van der Waals surface area contributed by atoms with Gasteiger partial charge in [-0.3, -0.25) is 0 Å². The minimum atomic E-state index is 0.530. The van der Waals surface area contributed by atoms with E-state index in [1.807, 2.05) is 6.92 Å². The summed E-state index contributed by atoms with van der Waals surface area (Å²) < 4.78 is 0. The van der Waals surface area contributed by atoms with Crippen molar-refractivity contribution in [2.24, 2.45) is 0 Å². The van der Waals surface area contributed by atoms with E-state index in [2.05, 4.69) is 30.1 Å². The van der Waals surface area contributed by atoms with E-state index < -0.39 is 0 Å². The third-order valence-corrected chi connectivity index (χ3v) is 1.93. The zero-order chi connectivity index (χ0) is 8.27. The van der Waals surface area contributed by atoms with Gasteiger partial charge in [-0.2, -0.15) is 10.2 Å². The molecule has 1 aromatic heterocycles. The summed E-state index contributed by atoms with van der Waals surface area (Å²) in [7, 11) is 0. The fourth-order valence-corrected chi connectivity index (χ4v) is 0.936. The number of aromatic nitrogens is 2. The van der Waals surface area contributed by atoms with Crippen molar-refractivity contribution in [2.75, 3.05) is 0 Å². The number of hydrogen-bond donors (Lipinski definition) is 0. The van der Waals surface area contributed by atoms with E-state index in [0.717, 1.165) is 12.1 Å². The third kappa shape index (κ3) is 2.00. The highest BCUT2D eigenvalue weighted by molar-refractivity contribution is 5.13. The zero-order valence-electron chi connectivity index (χ0n) is 7.33. The van der Waals surface area contributed by atoms with Crippen LogP contribution in [-0.2, 0) is 0 Å². The highest BCUT2D eigenvalue weighted by Gasteiger charge is 2.03. The van der Waals surface area contributed by atoms with Crippen LogP contribution >= 0.6 is 0 Å². The quantitative estimate of drug-likeness (QED) is 0.646. The molecule has 60 valence electrons. The molecular weight excluding hydrogens is 136 g/mol. The molecule has 0 fully saturated rings. The Bertz CT molecular complexity index is 233. The number of nitrogens with zero attached hydrogens (tertiary/aromatic N) is 2. The Morgan fingerprint density at radius 1 is 1.55 bits per heavy atom. The number of aryl methyl sites for hydroxylation is 1. The van der Waals surface area contributed by atoms with Gasteiger partial charge in [-0.1, -0.05) is 13.8 Å². The molecule has 0 aromatic carbocycles. The van der Waals surface area contributed by atoms with Crippen LogP contribution in [0.1, 0.15) is 37.4 Å². The lowest BCUT2D eigenvalue weighted by Gasteiger charge is -2.05. The minimum absolute atomic E-state index is 0.530. The van der Waals surface area contributed by atoms with Gasteiger partial charge in [-0.15, -0.1) is 0 Å². The summed E-state index contributed by atoms with van der Waals surface area (Å²) in [6.45, 7) is 6.37. The molecule has 0 saturated carbocycles. The first-order valence-electron chi connectivity index (χ1n) is 4.03. The van der Waals surface area contributed by atoms with Crippen LogP contribution < -0.4 is 0 Å². The Balaban J connectivity index is 2.86. The van der Waals surface area contributed by atoms with Gasteiger partial charge >= 0.3 is 0 Å². The second kappa shape index (κ2) is 3.46. The van der Waals surface area contributed by atoms with E-state index in [0.29, 0.717) is 5.92 Å². The van der Waals surface area contributed by atoms with Crippen molar-refractivity contribution < 1.29 is 0 Å². The van der Waals surface area contributed by atoms with Crippen molar-refractivity contribution in [1.82, 2.24) is 10.2 Å². The Labute approximate surface area is 67.7 Å². The van der Waals surface area contributed by atoms with Gasteiger partial charge in [0, 0.05) is 0 Å². The average Bonchev–Trinajstić information content (AvgIpc) is 2.03. The average molecular weight is 150 g/mol. The molecule has 0 amide bonds. The minimum Gasteiger partial charge on any atom is -0.159 e. The molecule has 2 nitrogen and oxygen atoms in total. The summed E-state index contributed by atoms with van der Waals surface area (Å²) in [5.41, 5.74) is 2.29. The van der Waals surface area contributed by atoms with E-state index in [1.165, 1.54) is 5.56 Å². The number of hydrogen-bond acceptors (Lipinski definition) is 2. The highest BCUT2D eigenvalue weighted by atomic mass is 15.1. The summed E-state index contributed by atoms with van der Waals surface area (Å²) >= 11 is 0. The first-order valence-corrected chi connectivity index (χ1v) is 4.03. The molecule has 0 bridgehead atoms. The topological polar surface area (TPSA) is 25.8 Å². The molecule has 0 unspecified atom stereocenters. The van der Waals surface area contributed by atoms with Gasteiger partial charge in [-0.05, 0) is 30.9 Å². The van der Waals surface area contributed by atoms with Gasteiger partial charge in [0.15, 0.2) is 0 Å². The van der Waals surface area contributed by atoms with Crippen LogP contribution in [0.5, 0.6) is 0 Å². The van der Waals surface area contributed by atoms with Crippen LogP contribution in [0.25, 0.3) is 0 Å². The Kier molecular flexibility index (Phi) is 2.58. The molecular formula is C9H14N2. The zero-order valence-corrected chi connectivity index (χ0v) is 7.33. The predicted molar refractivity (Wildman–Crippen MR) is 45.5 cm³/mol. The Morgan fingerprint density at radius 3 is 2.82 bits per heavy atom. The van der Waals surface area contributed by atoms with Crippen molar-refractivity contribution in [3.8, 4) is 0 Å². The lowest BCUT2D eigenvalue weighted by Crippen LogP contribution is -1.97. The van der Waals surface area contributed by atoms with E-state index in [-0.39, 0.29) is 0 Å². The van der Waals surface area contributed by atoms with Crippen LogP contribution in [0.15, 0.2) is 12.3 Å². The summed E-state index contributed by atoms with van der Waals surface area (Å²) in [4.78, 5) is 0.